The molecule has 0 aromatic rings. The van der Waals surface area contributed by atoms with E-state index in [1.165, 1.54) is 6.21 Å². The molecule has 120 valence electrons. The van der Waals surface area contributed by atoms with Crippen LogP contribution in [0, 0.1) is 5.21 Å². The van der Waals surface area contributed by atoms with Crippen molar-refractivity contribution in [3.8, 4) is 0 Å². The van der Waals surface area contributed by atoms with Gasteiger partial charge in [-0.25, -0.2) is 0 Å². The van der Waals surface area contributed by atoms with E-state index in [1.807, 2.05) is 27.7 Å². The number of hydroxylamine groups is 1. The molecule has 3 rings (SSSR count). The van der Waals surface area contributed by atoms with Gasteiger partial charge in [-0.3, -0.25) is 0 Å². The van der Waals surface area contributed by atoms with E-state index in [0.29, 0.717) is 6.61 Å². The lowest BCUT2D eigenvalue weighted by molar-refractivity contribution is -0.562. The summed E-state index contributed by atoms with van der Waals surface area (Å²) < 4.78 is 29.9. The molecule has 0 radical (unpaired) electrons. The lowest BCUT2D eigenvalue weighted by Crippen LogP contribution is -2.40. The summed E-state index contributed by atoms with van der Waals surface area (Å²) in [5, 5.41) is 12.0. The molecule has 3 aliphatic heterocycles. The Morgan fingerprint density at radius 3 is 2.24 bits per heavy atom. The van der Waals surface area contributed by atoms with Crippen LogP contribution in [0.3, 0.4) is 0 Å². The third-order valence-electron chi connectivity index (χ3n) is 3.97. The maximum absolute atomic E-state index is 12.0. The molecule has 0 N–H and O–H groups in total. The molecule has 0 aromatic heterocycles. The second-order valence-electron chi connectivity index (χ2n) is 6.54. The van der Waals surface area contributed by atoms with Gasteiger partial charge in [-0.2, -0.15) is 4.74 Å². The van der Waals surface area contributed by atoms with Crippen LogP contribution < -0.4 is 0 Å². The van der Waals surface area contributed by atoms with Crippen molar-refractivity contribution in [3.05, 3.63) is 5.21 Å². The zero-order chi connectivity index (χ0) is 15.4. The number of rotatable bonds is 2. The fourth-order valence-corrected chi connectivity index (χ4v) is 3.14. The minimum atomic E-state index is -0.737. The molecule has 0 bridgehead atoms. The molecule has 3 saturated heterocycles. The molecule has 3 heterocycles. The van der Waals surface area contributed by atoms with Gasteiger partial charge in [0.2, 0.25) is 0 Å². The Morgan fingerprint density at radius 1 is 1.00 bits per heavy atom. The van der Waals surface area contributed by atoms with Crippen molar-refractivity contribution < 1.29 is 28.4 Å². The first-order valence-electron chi connectivity index (χ1n) is 7.30. The fraction of sp³-hybridized carbons (Fsp3) is 0.929. The van der Waals surface area contributed by atoms with Crippen LogP contribution in [0.1, 0.15) is 34.6 Å². The molecule has 21 heavy (non-hydrogen) atoms. The number of nitrogens with zero attached hydrogens (tertiary/aromatic N) is 1. The Labute approximate surface area is 124 Å². The van der Waals surface area contributed by atoms with Gasteiger partial charge in [0, 0.05) is 6.92 Å². The second kappa shape index (κ2) is 4.89. The predicted molar refractivity (Wildman–Crippen MR) is 72.8 cm³/mol. The highest BCUT2D eigenvalue weighted by atomic mass is 16.8. The van der Waals surface area contributed by atoms with Crippen molar-refractivity contribution in [2.24, 2.45) is 0 Å². The maximum Gasteiger partial charge on any atom is 0.297 e. The van der Waals surface area contributed by atoms with Gasteiger partial charge < -0.3 is 28.9 Å². The van der Waals surface area contributed by atoms with Gasteiger partial charge in [-0.15, -0.1) is 0 Å². The minimum Gasteiger partial charge on any atom is -0.622 e. The average Bonchev–Trinajstić information content (AvgIpc) is 2.98. The van der Waals surface area contributed by atoms with E-state index in [0.717, 1.165) is 4.74 Å². The van der Waals surface area contributed by atoms with Crippen LogP contribution in [0.4, 0.5) is 0 Å². The van der Waals surface area contributed by atoms with Gasteiger partial charge in [-0.1, -0.05) is 0 Å². The molecule has 3 fully saturated rings. The molecule has 0 aliphatic carbocycles. The SMILES string of the molecule is C/C=[N+](\[O-])C1OC([C@H]2COC(C)(C)O2)C2OC(C)(C)OC21. The van der Waals surface area contributed by atoms with Crippen molar-refractivity contribution in [1.29, 1.82) is 0 Å². The highest BCUT2D eigenvalue weighted by Crippen LogP contribution is 2.42. The van der Waals surface area contributed by atoms with E-state index in [-0.39, 0.29) is 18.3 Å². The van der Waals surface area contributed by atoms with Crippen LogP contribution in [-0.2, 0) is 23.7 Å². The number of hydrogen-bond acceptors (Lipinski definition) is 6. The third kappa shape index (κ3) is 2.68. The lowest BCUT2D eigenvalue weighted by atomic mass is 10.1. The highest BCUT2D eigenvalue weighted by Gasteiger charge is 2.62. The van der Waals surface area contributed by atoms with E-state index in [4.69, 9.17) is 23.7 Å². The topological polar surface area (TPSA) is 72.2 Å². The molecule has 0 saturated carbocycles. The Hall–Kier alpha value is -0.730. The molecule has 5 atom stereocenters. The Bertz CT molecular complexity index is 449. The molecule has 3 aliphatic rings. The number of hydrogen-bond donors (Lipinski definition) is 0. The number of ether oxygens (including phenoxy) is 5. The molecule has 4 unspecified atom stereocenters. The highest BCUT2D eigenvalue weighted by molar-refractivity contribution is 5.47. The quantitative estimate of drug-likeness (QED) is 0.328. The molecule has 0 amide bonds. The zero-order valence-electron chi connectivity index (χ0n) is 13.1. The van der Waals surface area contributed by atoms with Gasteiger partial charge in [0.25, 0.3) is 6.23 Å². The fourth-order valence-electron chi connectivity index (χ4n) is 3.14. The van der Waals surface area contributed by atoms with Crippen molar-refractivity contribution in [2.75, 3.05) is 6.61 Å². The van der Waals surface area contributed by atoms with Crippen LogP contribution >= 0.6 is 0 Å². The average molecular weight is 301 g/mol. The van der Waals surface area contributed by atoms with Crippen LogP contribution in [0.25, 0.3) is 0 Å². The van der Waals surface area contributed by atoms with Crippen molar-refractivity contribution in [1.82, 2.24) is 0 Å². The van der Waals surface area contributed by atoms with E-state index >= 15 is 0 Å². The minimum absolute atomic E-state index is 0.278. The first kappa shape index (κ1) is 15.2. The smallest absolute Gasteiger partial charge is 0.297 e. The zero-order valence-corrected chi connectivity index (χ0v) is 13.1. The van der Waals surface area contributed by atoms with Gasteiger partial charge >= 0.3 is 0 Å². The van der Waals surface area contributed by atoms with Crippen LogP contribution in [-0.4, -0.2) is 59.8 Å². The first-order chi connectivity index (χ1) is 9.72. The van der Waals surface area contributed by atoms with E-state index < -0.39 is 23.9 Å². The number of fused-ring (bicyclic) bond motifs is 1. The summed E-state index contributed by atoms with van der Waals surface area (Å²) in [6.07, 6.45) is -0.747. The molecular formula is C14H23NO6. The summed E-state index contributed by atoms with van der Waals surface area (Å²) in [6.45, 7) is 9.45. The van der Waals surface area contributed by atoms with Crippen molar-refractivity contribution in [3.63, 3.8) is 0 Å². The van der Waals surface area contributed by atoms with E-state index in [2.05, 4.69) is 0 Å². The summed E-state index contributed by atoms with van der Waals surface area (Å²) in [6, 6.07) is 0. The maximum atomic E-state index is 12.0. The van der Waals surface area contributed by atoms with E-state index in [1.54, 1.807) is 6.92 Å². The Morgan fingerprint density at radius 2 is 1.67 bits per heavy atom. The van der Waals surface area contributed by atoms with Crippen LogP contribution in [0.2, 0.25) is 0 Å². The normalized spacial score (nSPS) is 45.0. The largest absolute Gasteiger partial charge is 0.622 e. The Kier molecular flexibility index (Phi) is 3.53. The predicted octanol–water partition coefficient (Wildman–Crippen LogP) is 0.984. The summed E-state index contributed by atoms with van der Waals surface area (Å²) >= 11 is 0. The molecule has 0 spiro atoms. The van der Waals surface area contributed by atoms with Crippen LogP contribution in [0.5, 0.6) is 0 Å². The molecular weight excluding hydrogens is 278 g/mol. The Balaban J connectivity index is 1.82. The summed E-state index contributed by atoms with van der Waals surface area (Å²) in [5.74, 6) is -1.39. The first-order valence-corrected chi connectivity index (χ1v) is 7.30. The van der Waals surface area contributed by atoms with Gasteiger partial charge in [-0.05, 0) is 27.7 Å². The van der Waals surface area contributed by atoms with E-state index in [9.17, 15) is 5.21 Å². The molecule has 0 aromatic carbocycles. The second-order valence-corrected chi connectivity index (χ2v) is 6.54. The summed E-state index contributed by atoms with van der Waals surface area (Å²) in [5.41, 5.74) is 0. The summed E-state index contributed by atoms with van der Waals surface area (Å²) in [4.78, 5) is 0. The monoisotopic (exact) mass is 301 g/mol. The van der Waals surface area contributed by atoms with Gasteiger partial charge in [0.1, 0.15) is 18.3 Å². The van der Waals surface area contributed by atoms with Crippen molar-refractivity contribution in [2.45, 2.75) is 76.8 Å². The molecule has 7 heteroatoms. The van der Waals surface area contributed by atoms with Crippen LogP contribution in [0.15, 0.2) is 0 Å². The standard InChI is InChI=1S/C14H23NO6/c1-6-15(16)12-11-10(20-14(4,5)21-11)9(18-12)8-7-17-13(2,3)19-8/h6,8-12H,7H2,1-5H3/b15-6-/t8-,9?,10?,11?,12?/m1/s1. The lowest BCUT2D eigenvalue weighted by Gasteiger charge is -2.26. The molecule has 7 nitrogen and oxygen atoms in total. The van der Waals surface area contributed by atoms with Gasteiger partial charge in [0.05, 0.1) is 6.61 Å². The van der Waals surface area contributed by atoms with Gasteiger partial charge in [0.15, 0.2) is 23.9 Å². The van der Waals surface area contributed by atoms with Crippen molar-refractivity contribution >= 4 is 6.21 Å². The summed E-state index contributed by atoms with van der Waals surface area (Å²) in [7, 11) is 0. The third-order valence-corrected chi connectivity index (χ3v) is 3.97.